The molecule has 0 aromatic carbocycles. The molecular formula is C24H51N. The molecule has 0 fully saturated rings. The second kappa shape index (κ2) is 28.5. The first-order valence-corrected chi connectivity index (χ1v) is 11.7. The summed E-state index contributed by atoms with van der Waals surface area (Å²) in [5.41, 5.74) is 5.47. The molecule has 0 heterocycles. The summed E-state index contributed by atoms with van der Waals surface area (Å²) in [6.07, 6.45) is 29.4. The zero-order valence-corrected chi connectivity index (χ0v) is 18.2. The molecule has 0 aliphatic rings. The van der Waals surface area contributed by atoms with Crippen LogP contribution in [0.3, 0.4) is 0 Å². The van der Waals surface area contributed by atoms with Crippen molar-refractivity contribution in [1.29, 1.82) is 0 Å². The van der Waals surface area contributed by atoms with Gasteiger partial charge in [-0.3, -0.25) is 0 Å². The lowest BCUT2D eigenvalue weighted by molar-refractivity contribution is 0.599. The molecule has 0 aliphatic heterocycles. The molecule has 0 aliphatic carbocycles. The second-order valence-electron chi connectivity index (χ2n) is 7.43. The molecule has 152 valence electrons. The van der Waals surface area contributed by atoms with Gasteiger partial charge in [-0.25, -0.2) is 0 Å². The number of hydrogen-bond donors (Lipinski definition) is 1. The maximum atomic E-state index is 5.47. The highest BCUT2D eigenvalue weighted by atomic mass is 14.5. The van der Waals surface area contributed by atoms with Crippen molar-refractivity contribution in [3.05, 3.63) is 12.2 Å². The van der Waals surface area contributed by atoms with E-state index in [0.717, 1.165) is 6.54 Å². The number of allylic oxidation sites excluding steroid dienone is 2. The number of rotatable bonds is 18. The first-order chi connectivity index (χ1) is 12.3. The van der Waals surface area contributed by atoms with Crippen LogP contribution in [0.2, 0.25) is 0 Å². The summed E-state index contributed by atoms with van der Waals surface area (Å²) in [5, 5.41) is 0. The van der Waals surface area contributed by atoms with Gasteiger partial charge in [0.25, 0.3) is 0 Å². The van der Waals surface area contributed by atoms with Gasteiger partial charge >= 0.3 is 0 Å². The van der Waals surface area contributed by atoms with Gasteiger partial charge in [0.15, 0.2) is 0 Å². The Balaban J connectivity index is 0. The summed E-state index contributed by atoms with van der Waals surface area (Å²) in [6.45, 7) is 7.60. The van der Waals surface area contributed by atoms with Gasteiger partial charge < -0.3 is 5.73 Å². The second-order valence-corrected chi connectivity index (χ2v) is 7.43. The third-order valence-electron chi connectivity index (χ3n) is 4.67. The minimum absolute atomic E-state index is 0.862. The molecule has 0 rings (SSSR count). The Morgan fingerprint density at radius 1 is 0.440 bits per heavy atom. The quantitative estimate of drug-likeness (QED) is 0.194. The largest absolute Gasteiger partial charge is 0.330 e. The first-order valence-electron chi connectivity index (χ1n) is 11.7. The summed E-state index contributed by atoms with van der Waals surface area (Å²) < 4.78 is 0. The molecule has 0 amide bonds. The fourth-order valence-electron chi connectivity index (χ4n) is 2.89. The maximum absolute atomic E-state index is 5.47. The van der Waals surface area contributed by atoms with Crippen molar-refractivity contribution in [2.75, 3.05) is 6.54 Å². The van der Waals surface area contributed by atoms with Crippen LogP contribution in [-0.4, -0.2) is 6.54 Å². The highest BCUT2D eigenvalue weighted by Gasteiger charge is 1.90. The lowest BCUT2D eigenvalue weighted by atomic mass is 10.1. The van der Waals surface area contributed by atoms with E-state index in [4.69, 9.17) is 5.73 Å². The Morgan fingerprint density at radius 3 is 1.16 bits per heavy atom. The maximum Gasteiger partial charge on any atom is -0.00773 e. The van der Waals surface area contributed by atoms with Crippen LogP contribution >= 0.6 is 0 Å². The summed E-state index contributed by atoms with van der Waals surface area (Å²) in [4.78, 5) is 0. The van der Waals surface area contributed by atoms with E-state index in [2.05, 4.69) is 32.9 Å². The zero-order chi connectivity index (χ0) is 18.8. The SMILES string of the molecule is CCCCCC.CCCCCCCC/C=C\CCCCCCCCN. The number of unbranched alkanes of at least 4 members (excludes halogenated alkanes) is 15. The van der Waals surface area contributed by atoms with Crippen molar-refractivity contribution in [2.24, 2.45) is 5.73 Å². The van der Waals surface area contributed by atoms with Crippen LogP contribution in [0.4, 0.5) is 0 Å². The van der Waals surface area contributed by atoms with Crippen LogP contribution in [-0.2, 0) is 0 Å². The predicted molar refractivity (Wildman–Crippen MR) is 118 cm³/mol. The molecule has 0 saturated heterocycles. The van der Waals surface area contributed by atoms with E-state index in [0.29, 0.717) is 0 Å². The van der Waals surface area contributed by atoms with Gasteiger partial charge in [-0.1, -0.05) is 116 Å². The van der Waals surface area contributed by atoms with E-state index in [9.17, 15) is 0 Å². The Labute approximate surface area is 161 Å². The van der Waals surface area contributed by atoms with Crippen LogP contribution in [0.25, 0.3) is 0 Å². The molecule has 0 bridgehead atoms. The van der Waals surface area contributed by atoms with E-state index in [-0.39, 0.29) is 0 Å². The Bertz CT molecular complexity index is 218. The van der Waals surface area contributed by atoms with Gasteiger partial charge in [-0.05, 0) is 38.6 Å². The van der Waals surface area contributed by atoms with E-state index in [1.54, 1.807) is 0 Å². The van der Waals surface area contributed by atoms with Crippen molar-refractivity contribution in [2.45, 2.75) is 136 Å². The molecule has 0 saturated carbocycles. The highest BCUT2D eigenvalue weighted by molar-refractivity contribution is 4.81. The normalized spacial score (nSPS) is 10.9. The minimum Gasteiger partial charge on any atom is -0.330 e. The van der Waals surface area contributed by atoms with Crippen molar-refractivity contribution in [3.63, 3.8) is 0 Å². The topological polar surface area (TPSA) is 26.0 Å². The van der Waals surface area contributed by atoms with Crippen LogP contribution in [0, 0.1) is 0 Å². The van der Waals surface area contributed by atoms with E-state index < -0.39 is 0 Å². The lowest BCUT2D eigenvalue weighted by Crippen LogP contribution is -1.97. The Morgan fingerprint density at radius 2 is 0.760 bits per heavy atom. The molecule has 0 spiro atoms. The van der Waals surface area contributed by atoms with Crippen LogP contribution in [0.5, 0.6) is 0 Å². The van der Waals surface area contributed by atoms with Gasteiger partial charge in [-0.2, -0.15) is 0 Å². The van der Waals surface area contributed by atoms with Crippen molar-refractivity contribution in [3.8, 4) is 0 Å². The molecule has 0 radical (unpaired) electrons. The van der Waals surface area contributed by atoms with Gasteiger partial charge in [0.05, 0.1) is 0 Å². The molecule has 0 unspecified atom stereocenters. The minimum atomic E-state index is 0.862. The van der Waals surface area contributed by atoms with Crippen molar-refractivity contribution in [1.82, 2.24) is 0 Å². The van der Waals surface area contributed by atoms with Crippen molar-refractivity contribution >= 4 is 0 Å². The summed E-state index contributed by atoms with van der Waals surface area (Å²) >= 11 is 0. The predicted octanol–water partition coefficient (Wildman–Crippen LogP) is 8.57. The molecule has 1 nitrogen and oxygen atoms in total. The monoisotopic (exact) mass is 353 g/mol. The molecule has 0 aromatic rings. The smallest absolute Gasteiger partial charge is 0.00773 e. The molecule has 1 heteroatoms. The third-order valence-corrected chi connectivity index (χ3v) is 4.67. The average molecular weight is 354 g/mol. The van der Waals surface area contributed by atoms with E-state index in [1.165, 1.54) is 116 Å². The summed E-state index contributed by atoms with van der Waals surface area (Å²) in [6, 6.07) is 0. The fraction of sp³-hybridized carbons (Fsp3) is 0.917. The van der Waals surface area contributed by atoms with E-state index in [1.807, 2.05) is 0 Å². The van der Waals surface area contributed by atoms with Gasteiger partial charge in [0, 0.05) is 0 Å². The Hall–Kier alpha value is -0.300. The molecule has 2 N–H and O–H groups in total. The molecule has 0 atom stereocenters. The molecule has 25 heavy (non-hydrogen) atoms. The average Bonchev–Trinajstić information content (AvgIpc) is 2.64. The molecular weight excluding hydrogens is 302 g/mol. The van der Waals surface area contributed by atoms with Crippen LogP contribution < -0.4 is 5.73 Å². The fourth-order valence-corrected chi connectivity index (χ4v) is 2.89. The first kappa shape index (κ1) is 26.9. The zero-order valence-electron chi connectivity index (χ0n) is 18.2. The van der Waals surface area contributed by atoms with Crippen LogP contribution in [0.1, 0.15) is 136 Å². The number of hydrogen-bond acceptors (Lipinski definition) is 1. The van der Waals surface area contributed by atoms with Crippen molar-refractivity contribution < 1.29 is 0 Å². The van der Waals surface area contributed by atoms with E-state index >= 15 is 0 Å². The summed E-state index contributed by atoms with van der Waals surface area (Å²) in [7, 11) is 0. The van der Waals surface area contributed by atoms with Gasteiger partial charge in [-0.15, -0.1) is 0 Å². The molecule has 0 aromatic heterocycles. The number of nitrogens with two attached hydrogens (primary N) is 1. The Kier molecular flexibility index (Phi) is 30.7. The van der Waals surface area contributed by atoms with Gasteiger partial charge in [0.1, 0.15) is 0 Å². The lowest BCUT2D eigenvalue weighted by Gasteiger charge is -1.99. The highest BCUT2D eigenvalue weighted by Crippen LogP contribution is 2.09. The standard InChI is InChI=1S/C18H37N.C6H14/c1-2-3-4-5-6-7-8-9-10-11-12-13-14-15-16-17-18-19;1-3-5-6-4-2/h9-10H,2-8,11-19H2,1H3;3-6H2,1-2H3/b10-9-;. The summed E-state index contributed by atoms with van der Waals surface area (Å²) in [5.74, 6) is 0. The van der Waals surface area contributed by atoms with Crippen LogP contribution in [0.15, 0.2) is 12.2 Å². The van der Waals surface area contributed by atoms with Gasteiger partial charge in [0.2, 0.25) is 0 Å². The third kappa shape index (κ3) is 31.9.